The smallest absolute Gasteiger partial charge is 0.0699 e. The number of nitrogens with zero attached hydrogens (tertiary/aromatic N) is 2. The van der Waals surface area contributed by atoms with Gasteiger partial charge in [0.05, 0.1) is 17.8 Å². The van der Waals surface area contributed by atoms with E-state index in [1.807, 2.05) is 18.3 Å². The molecule has 2 unspecified atom stereocenters. The minimum Gasteiger partial charge on any atom is -0.377 e. The number of aromatic nitrogens is 1. The highest BCUT2D eigenvalue weighted by molar-refractivity contribution is 5.09. The van der Waals surface area contributed by atoms with Gasteiger partial charge in [-0.15, -0.1) is 0 Å². The van der Waals surface area contributed by atoms with Gasteiger partial charge in [-0.1, -0.05) is 13.0 Å². The van der Waals surface area contributed by atoms with Crippen molar-refractivity contribution in [3.8, 4) is 0 Å². The van der Waals surface area contributed by atoms with Crippen LogP contribution in [0, 0.1) is 0 Å². The first-order chi connectivity index (χ1) is 8.85. The third kappa shape index (κ3) is 3.28. The lowest BCUT2D eigenvalue weighted by atomic mass is 10.1. The lowest BCUT2D eigenvalue weighted by Gasteiger charge is -2.30. The van der Waals surface area contributed by atoms with Gasteiger partial charge in [0.15, 0.2) is 0 Å². The van der Waals surface area contributed by atoms with Crippen LogP contribution in [0.3, 0.4) is 0 Å². The van der Waals surface area contributed by atoms with Crippen molar-refractivity contribution in [2.24, 2.45) is 5.73 Å². The Morgan fingerprint density at radius 1 is 1.56 bits per heavy atom. The first kappa shape index (κ1) is 13.5. The Bertz CT molecular complexity index is 344. The Morgan fingerprint density at radius 2 is 2.44 bits per heavy atom. The maximum atomic E-state index is 5.95. The van der Waals surface area contributed by atoms with Gasteiger partial charge in [0, 0.05) is 32.4 Å². The molecule has 4 nitrogen and oxygen atoms in total. The predicted octanol–water partition coefficient (Wildman–Crippen LogP) is 1.58. The van der Waals surface area contributed by atoms with Crippen LogP contribution >= 0.6 is 0 Å². The Morgan fingerprint density at radius 3 is 3.11 bits per heavy atom. The molecule has 1 saturated heterocycles. The maximum absolute atomic E-state index is 5.95. The first-order valence-electron chi connectivity index (χ1n) is 6.81. The lowest BCUT2D eigenvalue weighted by molar-refractivity contribution is 0.0455. The number of ether oxygens (including phenoxy) is 1. The molecule has 1 aromatic rings. The molecule has 1 aliphatic heterocycles. The summed E-state index contributed by atoms with van der Waals surface area (Å²) >= 11 is 0. The van der Waals surface area contributed by atoms with E-state index in [0.717, 1.165) is 38.2 Å². The second kappa shape index (κ2) is 6.83. The molecule has 0 spiro atoms. The normalized spacial score (nSPS) is 23.6. The fourth-order valence-electron chi connectivity index (χ4n) is 2.48. The summed E-state index contributed by atoms with van der Waals surface area (Å²) in [5.74, 6) is 0. The second-order valence-electron chi connectivity index (χ2n) is 4.76. The van der Waals surface area contributed by atoms with Crippen molar-refractivity contribution in [2.45, 2.75) is 31.9 Å². The lowest BCUT2D eigenvalue weighted by Crippen LogP contribution is -2.38. The summed E-state index contributed by atoms with van der Waals surface area (Å²) < 4.78 is 5.81. The van der Waals surface area contributed by atoms with Gasteiger partial charge in [-0.05, 0) is 25.0 Å². The molecule has 1 aliphatic rings. The Balaban J connectivity index is 2.11. The van der Waals surface area contributed by atoms with E-state index in [1.165, 1.54) is 0 Å². The summed E-state index contributed by atoms with van der Waals surface area (Å²) in [6.45, 7) is 5.62. The van der Waals surface area contributed by atoms with Gasteiger partial charge in [-0.2, -0.15) is 0 Å². The Labute approximate surface area is 109 Å². The van der Waals surface area contributed by atoms with Gasteiger partial charge >= 0.3 is 0 Å². The number of pyridine rings is 1. The fraction of sp³-hybridized carbons (Fsp3) is 0.643. The number of nitrogens with two attached hydrogens (primary N) is 1. The van der Waals surface area contributed by atoms with Crippen LogP contribution in [0.5, 0.6) is 0 Å². The van der Waals surface area contributed by atoms with E-state index in [2.05, 4.69) is 22.9 Å². The number of hydrogen-bond acceptors (Lipinski definition) is 4. The molecule has 2 N–H and O–H groups in total. The SMILES string of the molecule is CCC1CN(C(CN)c2ccccn2)CCCO1. The summed E-state index contributed by atoms with van der Waals surface area (Å²) in [6, 6.07) is 6.24. The zero-order valence-corrected chi connectivity index (χ0v) is 11.1. The van der Waals surface area contributed by atoms with Crippen LogP contribution in [0.15, 0.2) is 24.4 Å². The highest BCUT2D eigenvalue weighted by Crippen LogP contribution is 2.21. The van der Waals surface area contributed by atoms with E-state index in [4.69, 9.17) is 10.5 Å². The molecule has 2 rings (SSSR count). The van der Waals surface area contributed by atoms with Gasteiger partial charge in [0.1, 0.15) is 0 Å². The second-order valence-corrected chi connectivity index (χ2v) is 4.76. The highest BCUT2D eigenvalue weighted by atomic mass is 16.5. The molecule has 2 heterocycles. The molecule has 0 aliphatic carbocycles. The van der Waals surface area contributed by atoms with Crippen LogP contribution in [-0.2, 0) is 4.74 Å². The van der Waals surface area contributed by atoms with E-state index in [-0.39, 0.29) is 6.04 Å². The van der Waals surface area contributed by atoms with Crippen LogP contribution in [-0.4, -0.2) is 42.2 Å². The van der Waals surface area contributed by atoms with E-state index in [1.54, 1.807) is 0 Å². The standard InChI is InChI=1S/C14H23N3O/c1-2-12-11-17(8-5-9-18-12)14(10-15)13-6-3-4-7-16-13/h3-4,6-7,12,14H,2,5,8-11,15H2,1H3. The summed E-state index contributed by atoms with van der Waals surface area (Å²) in [5.41, 5.74) is 7.02. The molecular formula is C14H23N3O. The summed E-state index contributed by atoms with van der Waals surface area (Å²) in [4.78, 5) is 6.86. The van der Waals surface area contributed by atoms with Crippen molar-refractivity contribution in [3.63, 3.8) is 0 Å². The average molecular weight is 249 g/mol. The largest absolute Gasteiger partial charge is 0.377 e. The molecule has 2 atom stereocenters. The molecule has 0 bridgehead atoms. The molecule has 1 fully saturated rings. The van der Waals surface area contributed by atoms with Gasteiger partial charge in [-0.3, -0.25) is 9.88 Å². The van der Waals surface area contributed by atoms with E-state index in [0.29, 0.717) is 12.6 Å². The molecule has 1 aromatic heterocycles. The van der Waals surface area contributed by atoms with Gasteiger partial charge in [0.25, 0.3) is 0 Å². The fourth-order valence-corrected chi connectivity index (χ4v) is 2.48. The third-order valence-electron chi connectivity index (χ3n) is 3.53. The maximum Gasteiger partial charge on any atom is 0.0699 e. The van der Waals surface area contributed by atoms with Crippen LogP contribution in [0.25, 0.3) is 0 Å². The average Bonchev–Trinajstić information content (AvgIpc) is 2.66. The van der Waals surface area contributed by atoms with Crippen molar-refractivity contribution >= 4 is 0 Å². The highest BCUT2D eigenvalue weighted by Gasteiger charge is 2.24. The molecular weight excluding hydrogens is 226 g/mol. The zero-order chi connectivity index (χ0) is 12.8. The van der Waals surface area contributed by atoms with Gasteiger partial charge < -0.3 is 10.5 Å². The van der Waals surface area contributed by atoms with Crippen molar-refractivity contribution in [1.29, 1.82) is 0 Å². The first-order valence-corrected chi connectivity index (χ1v) is 6.81. The van der Waals surface area contributed by atoms with Crippen molar-refractivity contribution < 1.29 is 4.74 Å². The van der Waals surface area contributed by atoms with E-state index >= 15 is 0 Å². The Kier molecular flexibility index (Phi) is 5.11. The van der Waals surface area contributed by atoms with Crippen LogP contribution in [0.1, 0.15) is 31.5 Å². The minimum atomic E-state index is 0.210. The summed E-state index contributed by atoms with van der Waals surface area (Å²) in [7, 11) is 0. The van der Waals surface area contributed by atoms with Crippen LogP contribution in [0.4, 0.5) is 0 Å². The van der Waals surface area contributed by atoms with Crippen molar-refractivity contribution in [2.75, 3.05) is 26.2 Å². The quantitative estimate of drug-likeness (QED) is 0.880. The van der Waals surface area contributed by atoms with E-state index < -0.39 is 0 Å². The molecule has 0 aromatic carbocycles. The molecule has 4 heteroatoms. The molecule has 0 saturated carbocycles. The monoisotopic (exact) mass is 249 g/mol. The zero-order valence-electron chi connectivity index (χ0n) is 11.1. The summed E-state index contributed by atoms with van der Waals surface area (Å²) in [6.07, 6.45) is 4.28. The summed E-state index contributed by atoms with van der Waals surface area (Å²) in [5, 5.41) is 0. The van der Waals surface area contributed by atoms with Gasteiger partial charge in [0.2, 0.25) is 0 Å². The van der Waals surface area contributed by atoms with Crippen molar-refractivity contribution in [3.05, 3.63) is 30.1 Å². The molecule has 0 radical (unpaired) electrons. The predicted molar refractivity (Wildman–Crippen MR) is 72.3 cm³/mol. The minimum absolute atomic E-state index is 0.210. The number of hydrogen-bond donors (Lipinski definition) is 1. The van der Waals surface area contributed by atoms with Crippen LogP contribution < -0.4 is 5.73 Å². The van der Waals surface area contributed by atoms with E-state index in [9.17, 15) is 0 Å². The van der Waals surface area contributed by atoms with Crippen LogP contribution in [0.2, 0.25) is 0 Å². The third-order valence-corrected chi connectivity index (χ3v) is 3.53. The molecule has 18 heavy (non-hydrogen) atoms. The van der Waals surface area contributed by atoms with Crippen molar-refractivity contribution in [1.82, 2.24) is 9.88 Å². The Hall–Kier alpha value is -0.970. The number of rotatable bonds is 4. The molecule has 100 valence electrons. The topological polar surface area (TPSA) is 51.4 Å². The van der Waals surface area contributed by atoms with Gasteiger partial charge in [-0.25, -0.2) is 0 Å². The molecule has 0 amide bonds.